The first-order valence-electron chi connectivity index (χ1n) is 9.72. The summed E-state index contributed by atoms with van der Waals surface area (Å²) in [6, 6.07) is 12.8. The number of nitrogens with one attached hydrogen (secondary N) is 1. The Labute approximate surface area is 171 Å². The van der Waals surface area contributed by atoms with E-state index in [1.165, 1.54) is 7.11 Å². The van der Waals surface area contributed by atoms with Gasteiger partial charge in [0.1, 0.15) is 11.5 Å². The molecule has 2 aromatic carbocycles. The third-order valence-electron chi connectivity index (χ3n) is 5.08. The molecule has 0 spiro atoms. The van der Waals surface area contributed by atoms with Crippen LogP contribution in [-0.2, 0) is 4.79 Å². The van der Waals surface area contributed by atoms with Gasteiger partial charge in [0.2, 0.25) is 5.91 Å². The largest absolute Gasteiger partial charge is 0.497 e. The molecule has 1 fully saturated rings. The van der Waals surface area contributed by atoms with Crippen LogP contribution in [0.25, 0.3) is 0 Å². The van der Waals surface area contributed by atoms with Crippen LogP contribution in [0, 0.1) is 0 Å². The van der Waals surface area contributed by atoms with Crippen LogP contribution in [0.1, 0.15) is 23.7 Å². The van der Waals surface area contributed by atoms with Gasteiger partial charge >= 0.3 is 0 Å². The Hall–Kier alpha value is -3.22. The number of ether oxygens (including phenoxy) is 2. The molecule has 0 unspecified atom stereocenters. The monoisotopic (exact) mass is 397 g/mol. The van der Waals surface area contributed by atoms with Crippen molar-refractivity contribution in [1.29, 1.82) is 0 Å². The Balaban J connectivity index is 1.76. The van der Waals surface area contributed by atoms with E-state index in [0.29, 0.717) is 36.6 Å². The maximum absolute atomic E-state index is 12.9. The van der Waals surface area contributed by atoms with Crippen molar-refractivity contribution in [2.24, 2.45) is 0 Å². The second-order valence-electron chi connectivity index (χ2n) is 6.76. The summed E-state index contributed by atoms with van der Waals surface area (Å²) in [5, 5.41) is 3.00. The van der Waals surface area contributed by atoms with Crippen LogP contribution in [0.5, 0.6) is 11.5 Å². The maximum Gasteiger partial charge on any atom is 0.259 e. The number of rotatable bonds is 6. The minimum atomic E-state index is -0.253. The number of benzene rings is 2. The first kappa shape index (κ1) is 20.5. The van der Waals surface area contributed by atoms with Gasteiger partial charge in [0.05, 0.1) is 31.2 Å². The van der Waals surface area contributed by atoms with E-state index >= 15 is 0 Å². The van der Waals surface area contributed by atoms with Crippen molar-refractivity contribution in [1.82, 2.24) is 4.90 Å². The summed E-state index contributed by atoms with van der Waals surface area (Å²) in [4.78, 5) is 28.9. The zero-order valence-corrected chi connectivity index (χ0v) is 17.1. The van der Waals surface area contributed by atoms with Gasteiger partial charge in [-0.25, -0.2) is 0 Å². The van der Waals surface area contributed by atoms with Gasteiger partial charge < -0.3 is 24.6 Å². The fourth-order valence-corrected chi connectivity index (χ4v) is 3.45. The Morgan fingerprint density at radius 2 is 1.72 bits per heavy atom. The molecule has 0 radical (unpaired) electrons. The zero-order chi connectivity index (χ0) is 20.8. The average molecular weight is 397 g/mol. The number of anilines is 2. The van der Waals surface area contributed by atoms with Gasteiger partial charge in [-0.05, 0) is 24.3 Å². The number of piperazine rings is 1. The third-order valence-corrected chi connectivity index (χ3v) is 5.08. The molecule has 7 heteroatoms. The van der Waals surface area contributed by atoms with Crippen LogP contribution >= 0.6 is 0 Å². The molecule has 0 atom stereocenters. The van der Waals surface area contributed by atoms with Crippen molar-refractivity contribution in [3.05, 3.63) is 48.0 Å². The van der Waals surface area contributed by atoms with E-state index in [-0.39, 0.29) is 11.8 Å². The van der Waals surface area contributed by atoms with Crippen molar-refractivity contribution in [2.75, 3.05) is 50.6 Å². The number of para-hydroxylation sites is 2. The fourth-order valence-electron chi connectivity index (χ4n) is 3.45. The van der Waals surface area contributed by atoms with Crippen LogP contribution in [-0.4, -0.2) is 57.1 Å². The highest BCUT2D eigenvalue weighted by Gasteiger charge is 2.22. The molecular weight excluding hydrogens is 370 g/mol. The second kappa shape index (κ2) is 9.32. The van der Waals surface area contributed by atoms with Gasteiger partial charge in [0.25, 0.3) is 5.91 Å². The maximum atomic E-state index is 12.9. The molecule has 2 amide bonds. The van der Waals surface area contributed by atoms with E-state index in [9.17, 15) is 9.59 Å². The molecule has 1 aliphatic heterocycles. The van der Waals surface area contributed by atoms with Crippen LogP contribution in [0.4, 0.5) is 11.4 Å². The standard InChI is InChI=1S/C22H27N3O4/c1-4-21(26)25-13-11-24(12-14-25)19-8-6-5-7-18(19)23-22(27)17-10-9-16(28-2)15-20(17)29-3/h5-10,15H,4,11-14H2,1-3H3,(H,23,27). The lowest BCUT2D eigenvalue weighted by Crippen LogP contribution is -2.48. The van der Waals surface area contributed by atoms with Crippen molar-refractivity contribution in [2.45, 2.75) is 13.3 Å². The molecule has 0 aromatic heterocycles. The van der Waals surface area contributed by atoms with Gasteiger partial charge in [-0.3, -0.25) is 9.59 Å². The van der Waals surface area contributed by atoms with Crippen molar-refractivity contribution in [3.63, 3.8) is 0 Å². The van der Waals surface area contributed by atoms with Crippen molar-refractivity contribution in [3.8, 4) is 11.5 Å². The molecular formula is C22H27N3O4. The minimum absolute atomic E-state index is 0.179. The minimum Gasteiger partial charge on any atom is -0.497 e. The summed E-state index contributed by atoms with van der Waals surface area (Å²) in [5.41, 5.74) is 2.10. The zero-order valence-electron chi connectivity index (χ0n) is 17.1. The number of carbonyl (C=O) groups excluding carboxylic acids is 2. The quantitative estimate of drug-likeness (QED) is 0.811. The lowest BCUT2D eigenvalue weighted by atomic mass is 10.1. The molecule has 0 bridgehead atoms. The molecule has 1 N–H and O–H groups in total. The lowest BCUT2D eigenvalue weighted by Gasteiger charge is -2.36. The summed E-state index contributed by atoms with van der Waals surface area (Å²) < 4.78 is 10.5. The van der Waals surface area contributed by atoms with Crippen LogP contribution in [0.2, 0.25) is 0 Å². The van der Waals surface area contributed by atoms with Gasteiger partial charge in [-0.2, -0.15) is 0 Å². The molecule has 0 saturated carbocycles. The Bertz CT molecular complexity index is 876. The van der Waals surface area contributed by atoms with Crippen molar-refractivity contribution >= 4 is 23.2 Å². The fraction of sp³-hybridized carbons (Fsp3) is 0.364. The third kappa shape index (κ3) is 4.62. The Morgan fingerprint density at radius 3 is 2.38 bits per heavy atom. The predicted octanol–water partition coefficient (Wildman–Crippen LogP) is 3.01. The highest BCUT2D eigenvalue weighted by atomic mass is 16.5. The molecule has 1 saturated heterocycles. The van der Waals surface area contributed by atoms with E-state index in [4.69, 9.17) is 9.47 Å². The molecule has 3 rings (SSSR count). The summed E-state index contributed by atoms with van der Waals surface area (Å²) >= 11 is 0. The van der Waals surface area contributed by atoms with Crippen molar-refractivity contribution < 1.29 is 19.1 Å². The number of methoxy groups -OCH3 is 2. The van der Waals surface area contributed by atoms with Gasteiger partial charge in [0.15, 0.2) is 0 Å². The molecule has 2 aromatic rings. The number of carbonyl (C=O) groups is 2. The highest BCUT2D eigenvalue weighted by molar-refractivity contribution is 6.07. The van der Waals surface area contributed by atoms with E-state index in [1.54, 1.807) is 25.3 Å². The summed E-state index contributed by atoms with van der Waals surface area (Å²) in [6.07, 6.45) is 0.524. The van der Waals surface area contributed by atoms with E-state index in [2.05, 4.69) is 10.2 Å². The predicted molar refractivity (Wildman–Crippen MR) is 113 cm³/mol. The Morgan fingerprint density at radius 1 is 1.00 bits per heavy atom. The van der Waals surface area contributed by atoms with Gasteiger partial charge in [0, 0.05) is 38.7 Å². The van der Waals surface area contributed by atoms with Gasteiger partial charge in [-0.15, -0.1) is 0 Å². The molecule has 29 heavy (non-hydrogen) atoms. The molecule has 7 nitrogen and oxygen atoms in total. The van der Waals surface area contributed by atoms with E-state index in [1.807, 2.05) is 36.1 Å². The number of hydrogen-bond donors (Lipinski definition) is 1. The number of hydrogen-bond acceptors (Lipinski definition) is 5. The normalized spacial score (nSPS) is 13.8. The Kier molecular flexibility index (Phi) is 6.59. The van der Waals surface area contributed by atoms with E-state index in [0.717, 1.165) is 24.5 Å². The second-order valence-corrected chi connectivity index (χ2v) is 6.76. The number of nitrogens with zero attached hydrogens (tertiary/aromatic N) is 2. The first-order chi connectivity index (χ1) is 14.1. The first-order valence-corrected chi connectivity index (χ1v) is 9.72. The molecule has 154 valence electrons. The average Bonchev–Trinajstić information content (AvgIpc) is 2.78. The van der Waals surface area contributed by atoms with Crippen LogP contribution in [0.3, 0.4) is 0 Å². The molecule has 1 aliphatic rings. The highest BCUT2D eigenvalue weighted by Crippen LogP contribution is 2.29. The van der Waals surface area contributed by atoms with Crippen LogP contribution < -0.4 is 19.7 Å². The van der Waals surface area contributed by atoms with Crippen LogP contribution in [0.15, 0.2) is 42.5 Å². The summed E-state index contributed by atoms with van der Waals surface area (Å²) in [5.74, 6) is 0.999. The van der Waals surface area contributed by atoms with Gasteiger partial charge in [-0.1, -0.05) is 19.1 Å². The smallest absolute Gasteiger partial charge is 0.259 e. The molecule has 1 heterocycles. The molecule has 0 aliphatic carbocycles. The van der Waals surface area contributed by atoms with E-state index < -0.39 is 0 Å². The topological polar surface area (TPSA) is 71.1 Å². The summed E-state index contributed by atoms with van der Waals surface area (Å²) in [7, 11) is 3.09. The lowest BCUT2D eigenvalue weighted by molar-refractivity contribution is -0.131. The SMILES string of the molecule is CCC(=O)N1CCN(c2ccccc2NC(=O)c2ccc(OC)cc2OC)CC1. The number of amides is 2. The summed E-state index contributed by atoms with van der Waals surface area (Å²) in [6.45, 7) is 4.70.